The van der Waals surface area contributed by atoms with Crippen LogP contribution in [0.3, 0.4) is 0 Å². The van der Waals surface area contributed by atoms with Gasteiger partial charge in [-0.3, -0.25) is 19.6 Å². The summed E-state index contributed by atoms with van der Waals surface area (Å²) in [7, 11) is 3.72. The fourth-order valence-corrected chi connectivity index (χ4v) is 3.43. The topological polar surface area (TPSA) is 41.8 Å². The first-order chi connectivity index (χ1) is 9.65. The predicted molar refractivity (Wildman–Crippen MR) is 75.0 cm³/mol. The lowest BCUT2D eigenvalue weighted by molar-refractivity contribution is 0.0432. The first-order valence-electron chi connectivity index (χ1n) is 6.68. The number of ether oxygens (including phenoxy) is 1. The summed E-state index contributed by atoms with van der Waals surface area (Å²) in [6.45, 7) is 5.01. The zero-order valence-corrected chi connectivity index (χ0v) is 11.5. The molecule has 20 heavy (non-hydrogen) atoms. The van der Waals surface area contributed by atoms with Gasteiger partial charge >= 0.3 is 0 Å². The van der Waals surface area contributed by atoms with Crippen molar-refractivity contribution in [3.63, 3.8) is 0 Å². The maximum absolute atomic E-state index is 11.1. The summed E-state index contributed by atoms with van der Waals surface area (Å²) in [5.41, 5.74) is 3.37. The van der Waals surface area contributed by atoms with Crippen LogP contribution in [0.25, 0.3) is 5.57 Å². The number of likely N-dealkylation sites (N-methyl/N-ethyl adjacent to an activating group) is 1. The van der Waals surface area contributed by atoms with Gasteiger partial charge in [0.25, 0.3) is 0 Å². The Balaban J connectivity index is 1.89. The minimum atomic E-state index is -0.0257. The summed E-state index contributed by atoms with van der Waals surface area (Å²) in [4.78, 5) is 19.4. The van der Waals surface area contributed by atoms with Crippen LogP contribution in [0.1, 0.15) is 15.9 Å². The van der Waals surface area contributed by atoms with Crippen LogP contribution >= 0.6 is 0 Å². The van der Waals surface area contributed by atoms with Crippen molar-refractivity contribution < 1.29 is 14.4 Å². The van der Waals surface area contributed by atoms with Crippen LogP contribution in [0.2, 0.25) is 0 Å². The third kappa shape index (κ3) is 1.36. The summed E-state index contributed by atoms with van der Waals surface area (Å²) in [5.74, 6) is 0.689. The minimum absolute atomic E-state index is 0.0257. The van der Waals surface area contributed by atoms with Crippen molar-refractivity contribution in [1.29, 1.82) is 0 Å². The molecule has 0 amide bonds. The second-order valence-corrected chi connectivity index (χ2v) is 5.57. The Labute approximate surface area is 117 Å². The summed E-state index contributed by atoms with van der Waals surface area (Å²) in [5, 5.41) is 1.88. The molecule has 4 atom stereocenters. The van der Waals surface area contributed by atoms with E-state index >= 15 is 0 Å². The Morgan fingerprint density at radius 1 is 1.50 bits per heavy atom. The maximum atomic E-state index is 11.1. The number of carbonyl (C=O) groups excluding carboxylic acids is 1. The Morgan fingerprint density at radius 3 is 3.00 bits per heavy atom. The van der Waals surface area contributed by atoms with Crippen molar-refractivity contribution in [2.24, 2.45) is 0 Å². The molecule has 1 aromatic rings. The average molecular weight is 272 g/mol. The molecule has 5 nitrogen and oxygen atoms in total. The third-order valence-electron chi connectivity index (χ3n) is 4.59. The van der Waals surface area contributed by atoms with E-state index in [0.717, 1.165) is 29.7 Å². The van der Waals surface area contributed by atoms with Crippen molar-refractivity contribution in [1.82, 2.24) is 4.90 Å². The molecule has 3 aliphatic rings. The average Bonchev–Trinajstić information content (AvgIpc) is 3.13. The fraction of sp³-hybridized carbons (Fsp3) is 0.400. The van der Waals surface area contributed by atoms with Gasteiger partial charge in [0.2, 0.25) is 0 Å². The predicted octanol–water partition coefficient (Wildman–Crippen LogP) is 1.34. The largest absolute Gasteiger partial charge is 0.496 e. The molecule has 2 bridgehead atoms. The molecule has 4 unspecified atom stereocenters. The molecular formula is C15H16N2O3. The van der Waals surface area contributed by atoms with Crippen molar-refractivity contribution in [3.8, 4) is 5.75 Å². The van der Waals surface area contributed by atoms with Crippen LogP contribution in [0.4, 0.5) is 5.69 Å². The van der Waals surface area contributed by atoms with Gasteiger partial charge in [0.1, 0.15) is 18.1 Å². The third-order valence-corrected chi connectivity index (χ3v) is 4.59. The summed E-state index contributed by atoms with van der Waals surface area (Å²) in [6, 6.07) is 4.51. The number of hydroxylamine groups is 1. The van der Waals surface area contributed by atoms with Gasteiger partial charge in [0, 0.05) is 17.2 Å². The van der Waals surface area contributed by atoms with E-state index in [2.05, 4.69) is 18.5 Å². The first-order valence-corrected chi connectivity index (χ1v) is 6.68. The maximum Gasteiger partial charge on any atom is 0.150 e. The number of anilines is 1. The quantitative estimate of drug-likeness (QED) is 0.600. The number of hydrogen-bond acceptors (Lipinski definition) is 5. The van der Waals surface area contributed by atoms with Gasteiger partial charge in [-0.25, -0.2) is 0 Å². The van der Waals surface area contributed by atoms with E-state index in [9.17, 15) is 4.79 Å². The lowest BCUT2D eigenvalue weighted by Gasteiger charge is -2.40. The van der Waals surface area contributed by atoms with Gasteiger partial charge in [-0.15, -0.1) is 0 Å². The molecular weight excluding hydrogens is 256 g/mol. The second kappa shape index (κ2) is 3.84. The number of methoxy groups -OCH3 is 1. The normalized spacial score (nSPS) is 33.3. The monoisotopic (exact) mass is 272 g/mol. The van der Waals surface area contributed by atoms with E-state index in [1.807, 2.05) is 11.1 Å². The molecule has 0 saturated carbocycles. The highest BCUT2D eigenvalue weighted by Gasteiger charge is 2.58. The van der Waals surface area contributed by atoms with Crippen LogP contribution in [0.5, 0.6) is 5.75 Å². The van der Waals surface area contributed by atoms with Crippen molar-refractivity contribution >= 4 is 17.5 Å². The van der Waals surface area contributed by atoms with Crippen molar-refractivity contribution in [3.05, 3.63) is 29.8 Å². The second-order valence-electron chi connectivity index (χ2n) is 5.57. The Bertz CT molecular complexity index is 628. The van der Waals surface area contributed by atoms with E-state index in [0.29, 0.717) is 23.4 Å². The molecule has 4 rings (SSSR count). The lowest BCUT2D eigenvalue weighted by atomic mass is 9.91. The zero-order valence-electron chi connectivity index (χ0n) is 11.5. The minimum Gasteiger partial charge on any atom is -0.496 e. The number of rotatable bonds is 2. The molecule has 0 N–H and O–H groups in total. The van der Waals surface area contributed by atoms with Crippen LogP contribution < -0.4 is 9.80 Å². The lowest BCUT2D eigenvalue weighted by Crippen LogP contribution is -2.45. The number of fused-ring (bicyclic) bond motifs is 6. The number of carbonyl (C=O) groups is 1. The van der Waals surface area contributed by atoms with Gasteiger partial charge in [0.05, 0.1) is 25.4 Å². The molecule has 0 aliphatic carbocycles. The van der Waals surface area contributed by atoms with Gasteiger partial charge in [-0.05, 0) is 24.8 Å². The Morgan fingerprint density at radius 2 is 2.30 bits per heavy atom. The highest BCUT2D eigenvalue weighted by atomic mass is 16.7. The van der Waals surface area contributed by atoms with E-state index in [1.165, 1.54) is 0 Å². The van der Waals surface area contributed by atoms with Crippen LogP contribution in [-0.4, -0.2) is 50.1 Å². The van der Waals surface area contributed by atoms with E-state index in [1.54, 1.807) is 13.2 Å². The van der Waals surface area contributed by atoms with Crippen LogP contribution in [0, 0.1) is 0 Å². The molecule has 2 saturated heterocycles. The van der Waals surface area contributed by atoms with E-state index in [-0.39, 0.29) is 6.10 Å². The molecule has 104 valence electrons. The fourth-order valence-electron chi connectivity index (χ4n) is 3.43. The SMILES string of the molecule is C=C1c2c(OC)cc(C=O)cc2N2CC3C(C1O2)N3C. The van der Waals surface area contributed by atoms with Crippen molar-refractivity contribution in [2.45, 2.75) is 18.2 Å². The molecule has 0 radical (unpaired) electrons. The van der Waals surface area contributed by atoms with E-state index < -0.39 is 0 Å². The van der Waals surface area contributed by atoms with Crippen molar-refractivity contribution in [2.75, 3.05) is 25.8 Å². The first kappa shape index (κ1) is 11.9. The number of aldehydes is 1. The molecule has 0 spiro atoms. The Hall–Kier alpha value is -1.85. The number of hydrogen-bond donors (Lipinski definition) is 0. The molecule has 0 aromatic heterocycles. The van der Waals surface area contributed by atoms with Gasteiger partial charge in [0.15, 0.2) is 0 Å². The summed E-state index contributed by atoms with van der Waals surface area (Å²) in [6.07, 6.45) is 0.801. The summed E-state index contributed by atoms with van der Waals surface area (Å²) < 4.78 is 5.45. The number of nitrogens with zero attached hydrogens (tertiary/aromatic N) is 2. The highest BCUT2D eigenvalue weighted by Crippen LogP contribution is 2.50. The van der Waals surface area contributed by atoms with E-state index in [4.69, 9.17) is 9.57 Å². The highest BCUT2D eigenvalue weighted by molar-refractivity contribution is 5.89. The summed E-state index contributed by atoms with van der Waals surface area (Å²) >= 11 is 0. The molecule has 5 heteroatoms. The van der Waals surface area contributed by atoms with Gasteiger partial charge < -0.3 is 4.74 Å². The Kier molecular flexibility index (Phi) is 2.29. The van der Waals surface area contributed by atoms with Crippen LogP contribution in [-0.2, 0) is 4.84 Å². The zero-order chi connectivity index (χ0) is 14.0. The molecule has 2 fully saturated rings. The van der Waals surface area contributed by atoms with Gasteiger partial charge in [-0.1, -0.05) is 6.58 Å². The molecule has 1 aromatic carbocycles. The smallest absolute Gasteiger partial charge is 0.150 e. The number of benzene rings is 1. The molecule has 3 heterocycles. The van der Waals surface area contributed by atoms with Gasteiger partial charge in [-0.2, -0.15) is 0 Å². The molecule has 3 aliphatic heterocycles. The van der Waals surface area contributed by atoms with Crippen LogP contribution in [0.15, 0.2) is 18.7 Å². The standard InChI is InChI=1S/C15H16N2O3/c1-8-13-10(4-9(7-18)5-12(13)19-3)17-6-11-14(16(11)2)15(8)20-17/h4-5,7,11,14-15H,1,6H2,2-3H3.